The number of nitrogens with two attached hydrogens (primary N) is 1. The van der Waals surface area contributed by atoms with Crippen molar-refractivity contribution < 1.29 is 65.5 Å². The van der Waals surface area contributed by atoms with Crippen LogP contribution in [0.3, 0.4) is 0 Å². The van der Waals surface area contributed by atoms with Crippen LogP contribution in [0.5, 0.6) is 0 Å². The first-order valence-corrected chi connectivity index (χ1v) is 25.9. The van der Waals surface area contributed by atoms with E-state index in [2.05, 4.69) is 6.92 Å². The van der Waals surface area contributed by atoms with E-state index in [1.807, 2.05) is 38.1 Å². The molecular weight excluding hydrogens is 1060 g/mol. The van der Waals surface area contributed by atoms with Gasteiger partial charge in [-0.1, -0.05) is 59.9 Å². The molecule has 0 aliphatic carbocycles. The molecule has 1 saturated heterocycles. The third-order valence-electron chi connectivity index (χ3n) is 10.1. The minimum atomic E-state index is -4.86. The maximum absolute atomic E-state index is 12.9. The number of halogens is 7. The summed E-state index contributed by atoms with van der Waals surface area (Å²) in [6, 6.07) is 12.5. The molecule has 18 nitrogen and oxygen atoms in total. The van der Waals surface area contributed by atoms with Crippen molar-refractivity contribution in [2.45, 2.75) is 96.3 Å². The molecule has 26 heteroatoms. The monoisotopic (exact) mass is 1120 g/mol. The summed E-state index contributed by atoms with van der Waals surface area (Å²) in [5, 5.41) is 8.29. The van der Waals surface area contributed by atoms with E-state index in [9.17, 15) is 46.5 Å². The molecule has 72 heavy (non-hydrogen) atoms. The van der Waals surface area contributed by atoms with Crippen LogP contribution in [0, 0.1) is 6.92 Å². The standard InChI is InChI=1S/C16H14ClF3N2O4.C14H20ClNO2.C11H13Cl2NO3.C5H12NO4P/c1-8(2)26-14(24)10-6-9(4-5-11(10)17)22-13(23)7-12(16(18,19)20)21(3)15(22)25;1-4-12-8-6-7-11(3)14(12)16(10-18-5-2)13(17)9-15;1-11(2)14(10(15)9(12)13)6-8(17-11)7-4-3-5-16-7;1-11(9,10)3-2-4(6)5(7)8/h4-8H,1-3H3;6-8H,4-5,9-10H2,1-3H3;3-5,8-9H,6H2,1-2H3;4H,2-3,6H2,1H3,(H,7,8)(H,9,10). The van der Waals surface area contributed by atoms with Gasteiger partial charge in [-0.15, -0.1) is 11.6 Å². The van der Waals surface area contributed by atoms with E-state index in [1.165, 1.54) is 23.7 Å². The molecule has 400 valence electrons. The minimum Gasteiger partial charge on any atom is -0.480 e. The number of aromatic nitrogens is 2. The van der Waals surface area contributed by atoms with Gasteiger partial charge in [-0.3, -0.25) is 33.2 Å². The first-order chi connectivity index (χ1) is 33.3. The molecule has 2 amide bonds. The fourth-order valence-corrected chi connectivity index (χ4v) is 7.89. The average Bonchev–Trinajstić information content (AvgIpc) is 3.95. The lowest BCUT2D eigenvalue weighted by atomic mass is 10.0. The van der Waals surface area contributed by atoms with E-state index in [4.69, 9.17) is 80.8 Å². The summed E-state index contributed by atoms with van der Waals surface area (Å²) in [6.45, 7) is 15.2. The van der Waals surface area contributed by atoms with Gasteiger partial charge in [-0.05, 0) is 95.8 Å². The van der Waals surface area contributed by atoms with Gasteiger partial charge in [0, 0.05) is 32.5 Å². The van der Waals surface area contributed by atoms with Gasteiger partial charge in [-0.25, -0.2) is 14.2 Å². The van der Waals surface area contributed by atoms with Gasteiger partial charge in [0.2, 0.25) is 5.91 Å². The van der Waals surface area contributed by atoms with E-state index < -0.39 is 65.1 Å². The number of hydrogen-bond donors (Lipinski definition) is 3. The van der Waals surface area contributed by atoms with Crippen molar-refractivity contribution in [1.29, 1.82) is 0 Å². The quantitative estimate of drug-likeness (QED) is 0.0439. The number of carbonyl (C=O) groups is 4. The second-order valence-electron chi connectivity index (χ2n) is 16.5. The Bertz CT molecular complexity index is 2640. The molecular formula is C46H59Cl4F3N5O13P. The Morgan fingerprint density at radius 2 is 1.69 bits per heavy atom. The summed E-state index contributed by atoms with van der Waals surface area (Å²) >= 11 is 22.8. The lowest BCUT2D eigenvalue weighted by Crippen LogP contribution is -2.45. The van der Waals surface area contributed by atoms with Gasteiger partial charge in [0.15, 0.2) is 12.2 Å². The molecule has 1 aliphatic rings. The summed E-state index contributed by atoms with van der Waals surface area (Å²) in [5.41, 5.74) is 3.47. The van der Waals surface area contributed by atoms with E-state index in [-0.39, 0.29) is 59.4 Å². The highest BCUT2D eigenvalue weighted by atomic mass is 35.5. The van der Waals surface area contributed by atoms with Crippen molar-refractivity contribution >= 4 is 83.2 Å². The van der Waals surface area contributed by atoms with Crippen LogP contribution < -0.4 is 21.9 Å². The highest BCUT2D eigenvalue weighted by Crippen LogP contribution is 2.37. The van der Waals surface area contributed by atoms with E-state index in [1.54, 1.807) is 44.9 Å². The Morgan fingerprint density at radius 3 is 2.19 bits per heavy atom. The number of amides is 2. The number of carboxylic acids is 1. The van der Waals surface area contributed by atoms with Crippen molar-refractivity contribution in [1.82, 2.24) is 14.0 Å². The number of benzene rings is 2. The number of anilines is 1. The predicted molar refractivity (Wildman–Crippen MR) is 268 cm³/mol. The van der Waals surface area contributed by atoms with Crippen LogP contribution in [-0.4, -0.2) is 109 Å². The van der Waals surface area contributed by atoms with Crippen molar-refractivity contribution in [3.05, 3.63) is 115 Å². The molecule has 0 bridgehead atoms. The molecule has 3 heterocycles. The van der Waals surface area contributed by atoms with Crippen molar-refractivity contribution in [2.24, 2.45) is 12.8 Å². The Labute approximate surface area is 434 Å². The number of carbonyl (C=O) groups excluding carboxylic acids is 3. The van der Waals surface area contributed by atoms with Crippen LogP contribution in [0.25, 0.3) is 5.69 Å². The second-order valence-corrected chi connectivity index (χ2v) is 20.8. The van der Waals surface area contributed by atoms with Crippen LogP contribution in [0.15, 0.2) is 74.9 Å². The highest BCUT2D eigenvalue weighted by molar-refractivity contribution is 7.57. The van der Waals surface area contributed by atoms with E-state index in [0.29, 0.717) is 34.1 Å². The number of aliphatic carboxylic acids is 1. The van der Waals surface area contributed by atoms with Gasteiger partial charge in [0.25, 0.3) is 11.5 Å². The molecule has 4 N–H and O–H groups in total. The Kier molecular flexibility index (Phi) is 24.8. The highest BCUT2D eigenvalue weighted by Gasteiger charge is 2.45. The average molecular weight is 1120 g/mol. The van der Waals surface area contributed by atoms with Crippen LogP contribution in [0.1, 0.15) is 87.0 Å². The summed E-state index contributed by atoms with van der Waals surface area (Å²) in [7, 11) is -2.21. The topological polar surface area (TPSA) is 243 Å². The maximum atomic E-state index is 12.9. The van der Waals surface area contributed by atoms with Gasteiger partial charge in [0.1, 0.15) is 41.9 Å². The zero-order valence-electron chi connectivity index (χ0n) is 40.9. The van der Waals surface area contributed by atoms with Crippen LogP contribution in [-0.2, 0) is 52.8 Å². The molecule has 4 aromatic rings. The number of hydrogen-bond acceptors (Lipinski definition) is 12. The normalized spacial score (nSPS) is 15.2. The minimum absolute atomic E-state index is 0.0104. The Hall–Kier alpha value is -4.70. The number of para-hydroxylation sites is 1. The van der Waals surface area contributed by atoms with Gasteiger partial charge in [0.05, 0.1) is 40.9 Å². The lowest BCUT2D eigenvalue weighted by molar-refractivity contribution is -0.145. The van der Waals surface area contributed by atoms with Crippen LogP contribution in [0.2, 0.25) is 5.02 Å². The maximum Gasteiger partial charge on any atom is 0.431 e. The van der Waals surface area contributed by atoms with Crippen molar-refractivity contribution in [3.8, 4) is 5.69 Å². The van der Waals surface area contributed by atoms with Gasteiger partial charge < -0.3 is 39.3 Å². The molecule has 0 saturated carbocycles. The number of aryl methyl sites for hydroxylation is 2. The van der Waals surface area contributed by atoms with Crippen LogP contribution >= 0.6 is 53.8 Å². The van der Waals surface area contributed by atoms with Gasteiger partial charge >= 0.3 is 23.8 Å². The number of alkyl halides is 6. The number of ether oxygens (including phenoxy) is 3. The molecule has 2 aromatic carbocycles. The molecule has 0 spiro atoms. The zero-order chi connectivity index (χ0) is 55.1. The predicted octanol–water partition coefficient (Wildman–Crippen LogP) is 8.30. The SMILES string of the molecule is CC(C)OC(=O)c1cc(-n2c(=O)cc(C(F)(F)F)n(C)c2=O)ccc1Cl.CC1(C)OC(c2ccco2)CN1C(=O)C(Cl)Cl.CCOCN(C(=O)CCl)c1c(C)cccc1CC.CP(=O)(O)CCC(N)C(=O)O. The number of furan rings is 1. The lowest BCUT2D eigenvalue weighted by Gasteiger charge is -2.29. The first kappa shape index (κ1) is 63.4. The summed E-state index contributed by atoms with van der Waals surface area (Å²) in [4.78, 5) is 81.2. The number of rotatable bonds is 15. The molecule has 3 atom stereocenters. The Balaban J connectivity index is 0.000000343. The third-order valence-corrected chi connectivity index (χ3v) is 12.1. The summed E-state index contributed by atoms with van der Waals surface area (Å²) in [6.07, 6.45) is -3.14. The fourth-order valence-electron chi connectivity index (χ4n) is 6.56. The zero-order valence-corrected chi connectivity index (χ0v) is 44.8. The molecule has 1 fully saturated rings. The smallest absolute Gasteiger partial charge is 0.431 e. The molecule has 0 radical (unpaired) electrons. The number of esters is 1. The van der Waals surface area contributed by atoms with Crippen molar-refractivity contribution in [2.75, 3.05) is 43.5 Å². The third kappa shape index (κ3) is 18.7. The van der Waals surface area contributed by atoms with E-state index in [0.717, 1.165) is 36.3 Å². The van der Waals surface area contributed by atoms with Crippen LogP contribution in [0.4, 0.5) is 18.9 Å². The van der Waals surface area contributed by atoms with Gasteiger partial charge in [-0.2, -0.15) is 13.2 Å². The Morgan fingerprint density at radius 1 is 1.06 bits per heavy atom. The largest absolute Gasteiger partial charge is 0.480 e. The van der Waals surface area contributed by atoms with E-state index >= 15 is 0 Å². The molecule has 3 unspecified atom stereocenters. The molecule has 5 rings (SSSR count). The number of carboxylic acid groups (broad SMARTS) is 1. The summed E-state index contributed by atoms with van der Waals surface area (Å²) in [5.74, 6) is -1.76. The molecule has 1 aliphatic heterocycles. The fraction of sp³-hybridized carbons (Fsp3) is 0.478. The first-order valence-electron chi connectivity index (χ1n) is 21.8. The number of nitrogens with zero attached hydrogens (tertiary/aromatic N) is 4. The summed E-state index contributed by atoms with van der Waals surface area (Å²) < 4.78 is 71.6. The second kappa shape index (κ2) is 28.1. The molecule has 2 aromatic heterocycles. The van der Waals surface area contributed by atoms with Crippen molar-refractivity contribution in [3.63, 3.8) is 0 Å².